The van der Waals surface area contributed by atoms with Crippen LogP contribution in [-0.4, -0.2) is 47.4 Å². The first-order valence-electron chi connectivity index (χ1n) is 9.74. The van der Waals surface area contributed by atoms with Crippen LogP contribution in [0.15, 0.2) is 12.2 Å². The molecule has 0 aromatic rings. The van der Waals surface area contributed by atoms with Crippen molar-refractivity contribution in [1.29, 1.82) is 0 Å². The highest BCUT2D eigenvalue weighted by atomic mass is 16.6. The Morgan fingerprint density at radius 2 is 1.68 bits per heavy atom. The van der Waals surface area contributed by atoms with Gasteiger partial charge in [0.05, 0.1) is 12.2 Å². The van der Waals surface area contributed by atoms with E-state index in [2.05, 4.69) is 6.58 Å². The number of aliphatic hydroxyl groups is 1. The van der Waals surface area contributed by atoms with Crippen LogP contribution in [0.2, 0.25) is 0 Å². The van der Waals surface area contributed by atoms with Gasteiger partial charge in [0.1, 0.15) is 12.2 Å². The predicted molar refractivity (Wildman–Crippen MR) is 98.9 cm³/mol. The molecule has 1 N–H and O–H groups in total. The molecule has 0 aromatic heterocycles. The summed E-state index contributed by atoms with van der Waals surface area (Å²) >= 11 is 0. The highest BCUT2D eigenvalue weighted by Gasteiger charge is 2.75. The minimum Gasteiger partial charge on any atom is -0.465 e. The lowest BCUT2D eigenvalue weighted by molar-refractivity contribution is -0.154. The zero-order valence-electron chi connectivity index (χ0n) is 17.2. The summed E-state index contributed by atoms with van der Waals surface area (Å²) in [5, 5.41) is 11.9. The van der Waals surface area contributed by atoms with Crippen molar-refractivity contribution in [2.45, 2.75) is 71.7 Å². The Bertz CT molecular complexity index is 726. The Morgan fingerprint density at radius 1 is 1.07 bits per heavy atom. The molecule has 156 valence electrons. The van der Waals surface area contributed by atoms with E-state index in [4.69, 9.17) is 14.2 Å². The van der Waals surface area contributed by atoms with Crippen molar-refractivity contribution < 1.29 is 33.7 Å². The first-order valence-corrected chi connectivity index (χ1v) is 9.74. The Kier molecular flexibility index (Phi) is 4.89. The summed E-state index contributed by atoms with van der Waals surface area (Å²) in [7, 11) is 0. The molecule has 6 unspecified atom stereocenters. The Hall–Kier alpha value is -1.89. The Balaban J connectivity index is 2.02. The number of carbonyl (C=O) groups excluding carboxylic acids is 3. The van der Waals surface area contributed by atoms with Gasteiger partial charge in [-0.2, -0.15) is 0 Å². The van der Waals surface area contributed by atoms with Gasteiger partial charge >= 0.3 is 17.9 Å². The summed E-state index contributed by atoms with van der Waals surface area (Å²) in [6.45, 7) is 12.2. The van der Waals surface area contributed by atoms with Gasteiger partial charge in [-0.25, -0.2) is 0 Å². The minimum absolute atomic E-state index is 0.151. The van der Waals surface area contributed by atoms with Gasteiger partial charge < -0.3 is 19.3 Å². The first-order chi connectivity index (χ1) is 12.8. The molecule has 0 bridgehead atoms. The van der Waals surface area contributed by atoms with Gasteiger partial charge in [-0.3, -0.25) is 14.4 Å². The summed E-state index contributed by atoms with van der Waals surface area (Å²) in [5.74, 6) is -1.70. The van der Waals surface area contributed by atoms with Gasteiger partial charge in [-0.15, -0.1) is 0 Å². The number of carbonyl (C=O) groups is 3. The van der Waals surface area contributed by atoms with Crippen LogP contribution in [0.4, 0.5) is 0 Å². The molecule has 3 aliphatic carbocycles. The van der Waals surface area contributed by atoms with Crippen LogP contribution < -0.4 is 0 Å². The molecule has 6 atom stereocenters. The number of hydrogen-bond donors (Lipinski definition) is 1. The fourth-order valence-electron chi connectivity index (χ4n) is 6.37. The molecule has 7 heteroatoms. The lowest BCUT2D eigenvalue weighted by Gasteiger charge is -2.43. The van der Waals surface area contributed by atoms with Crippen LogP contribution in [0.1, 0.15) is 53.9 Å². The fourth-order valence-corrected chi connectivity index (χ4v) is 6.37. The zero-order valence-corrected chi connectivity index (χ0v) is 17.2. The standard InChI is InChI=1S/C21H30O7/c1-11-16(27-13(3)23)7-15-8-20(10-26-12(2)22)9-17(28-14(4)24)19(5,6)18(20)21(11,15)25/h15-18,25H,1,7-10H2,2-6H3. The summed E-state index contributed by atoms with van der Waals surface area (Å²) in [5.41, 5.74) is -1.90. The van der Waals surface area contributed by atoms with Crippen LogP contribution in [-0.2, 0) is 28.6 Å². The number of esters is 3. The van der Waals surface area contributed by atoms with Gasteiger partial charge in [-0.05, 0) is 30.8 Å². The molecular formula is C21H30O7. The number of ether oxygens (including phenoxy) is 3. The molecule has 0 aliphatic heterocycles. The van der Waals surface area contributed by atoms with Crippen LogP contribution in [0.5, 0.6) is 0 Å². The molecule has 7 nitrogen and oxygen atoms in total. The summed E-state index contributed by atoms with van der Waals surface area (Å²) in [6.07, 6.45) is 0.613. The average molecular weight is 394 g/mol. The molecule has 0 spiro atoms. The second-order valence-corrected chi connectivity index (χ2v) is 9.28. The maximum Gasteiger partial charge on any atom is 0.303 e. The molecule has 0 radical (unpaired) electrons. The van der Waals surface area contributed by atoms with E-state index < -0.39 is 34.6 Å². The molecule has 3 aliphatic rings. The lowest BCUT2D eigenvalue weighted by Crippen LogP contribution is -2.49. The lowest BCUT2D eigenvalue weighted by atomic mass is 9.65. The van der Waals surface area contributed by atoms with Crippen LogP contribution in [0.25, 0.3) is 0 Å². The Labute approximate surface area is 165 Å². The predicted octanol–water partition coefficient (Wildman–Crippen LogP) is 2.16. The molecule has 0 aromatic carbocycles. The number of fused-ring (bicyclic) bond motifs is 3. The maximum absolute atomic E-state index is 11.9. The number of hydrogen-bond acceptors (Lipinski definition) is 7. The highest BCUT2D eigenvalue weighted by molar-refractivity contribution is 5.67. The van der Waals surface area contributed by atoms with Crippen molar-refractivity contribution in [2.75, 3.05) is 6.61 Å². The fraction of sp³-hybridized carbons (Fsp3) is 0.762. The van der Waals surface area contributed by atoms with Crippen LogP contribution >= 0.6 is 0 Å². The maximum atomic E-state index is 11.9. The largest absolute Gasteiger partial charge is 0.465 e. The number of rotatable bonds is 4. The third-order valence-electron chi connectivity index (χ3n) is 7.07. The SMILES string of the molecule is C=C1C(OC(C)=O)CC2CC3(COC(C)=O)CC(OC(C)=O)C(C)(C)C3C12O. The molecule has 0 heterocycles. The van der Waals surface area contributed by atoms with Crippen LogP contribution in [0, 0.1) is 22.7 Å². The molecule has 3 saturated carbocycles. The molecule has 0 amide bonds. The summed E-state index contributed by atoms with van der Waals surface area (Å²) in [4.78, 5) is 34.7. The van der Waals surface area contributed by atoms with E-state index in [9.17, 15) is 19.5 Å². The van der Waals surface area contributed by atoms with Gasteiger partial charge in [0, 0.05) is 37.5 Å². The molecule has 3 rings (SSSR count). The van der Waals surface area contributed by atoms with E-state index in [0.717, 1.165) is 0 Å². The summed E-state index contributed by atoms with van der Waals surface area (Å²) in [6, 6.07) is 0. The van der Waals surface area contributed by atoms with E-state index in [1.165, 1.54) is 20.8 Å². The molecule has 28 heavy (non-hydrogen) atoms. The van der Waals surface area contributed by atoms with Gasteiger partial charge in [-0.1, -0.05) is 20.4 Å². The van der Waals surface area contributed by atoms with Crippen molar-refractivity contribution >= 4 is 17.9 Å². The minimum atomic E-state index is -1.28. The molecule has 0 saturated heterocycles. The van der Waals surface area contributed by atoms with Crippen LogP contribution in [0.3, 0.4) is 0 Å². The van der Waals surface area contributed by atoms with E-state index in [1.54, 1.807) is 0 Å². The van der Waals surface area contributed by atoms with Crippen molar-refractivity contribution in [3.8, 4) is 0 Å². The second-order valence-electron chi connectivity index (χ2n) is 9.28. The quantitative estimate of drug-likeness (QED) is 0.443. The van der Waals surface area contributed by atoms with Gasteiger partial charge in [0.25, 0.3) is 0 Å². The Morgan fingerprint density at radius 3 is 2.21 bits per heavy atom. The third kappa shape index (κ3) is 2.95. The topological polar surface area (TPSA) is 99.1 Å². The van der Waals surface area contributed by atoms with Crippen molar-refractivity contribution in [3.05, 3.63) is 12.2 Å². The van der Waals surface area contributed by atoms with E-state index in [1.807, 2.05) is 13.8 Å². The molecular weight excluding hydrogens is 364 g/mol. The van der Waals surface area contributed by atoms with E-state index in [0.29, 0.717) is 24.8 Å². The van der Waals surface area contributed by atoms with Crippen molar-refractivity contribution in [3.63, 3.8) is 0 Å². The highest BCUT2D eigenvalue weighted by Crippen LogP contribution is 2.72. The van der Waals surface area contributed by atoms with Crippen molar-refractivity contribution in [1.82, 2.24) is 0 Å². The molecule has 3 fully saturated rings. The summed E-state index contributed by atoms with van der Waals surface area (Å²) < 4.78 is 16.4. The zero-order chi connectivity index (χ0) is 21.1. The van der Waals surface area contributed by atoms with Gasteiger partial charge in [0.2, 0.25) is 0 Å². The second kappa shape index (κ2) is 6.58. The van der Waals surface area contributed by atoms with E-state index >= 15 is 0 Å². The average Bonchev–Trinajstić information content (AvgIpc) is 3.01. The monoisotopic (exact) mass is 394 g/mol. The first kappa shape index (κ1) is 20.8. The van der Waals surface area contributed by atoms with Gasteiger partial charge in [0.15, 0.2) is 0 Å². The van der Waals surface area contributed by atoms with Crippen molar-refractivity contribution in [2.24, 2.45) is 22.7 Å². The smallest absolute Gasteiger partial charge is 0.303 e. The third-order valence-corrected chi connectivity index (χ3v) is 7.07. The van der Waals surface area contributed by atoms with E-state index in [-0.39, 0.29) is 30.4 Å². The normalized spacial score (nSPS) is 40.6.